The number of carbonyl (C=O) groups excluding carboxylic acids is 2. The van der Waals surface area contributed by atoms with Crippen LogP contribution in [0.3, 0.4) is 0 Å². The second-order valence-corrected chi connectivity index (χ2v) is 12.1. The van der Waals surface area contributed by atoms with E-state index in [1.165, 1.54) is 0 Å². The lowest BCUT2D eigenvalue weighted by Gasteiger charge is -2.24. The maximum atomic E-state index is 13.7. The first-order chi connectivity index (χ1) is 18.3. The summed E-state index contributed by atoms with van der Waals surface area (Å²) in [7, 11) is 0. The molecule has 0 saturated heterocycles. The van der Waals surface area contributed by atoms with Crippen LogP contribution in [0.2, 0.25) is 0 Å². The molecule has 1 N–H and O–H groups in total. The zero-order chi connectivity index (χ0) is 26.8. The molecule has 0 aliphatic carbocycles. The van der Waals surface area contributed by atoms with Crippen molar-refractivity contribution in [2.45, 2.75) is 32.9 Å². The van der Waals surface area contributed by atoms with Gasteiger partial charge in [0.25, 0.3) is 0 Å². The number of aromatic nitrogens is 2. The van der Waals surface area contributed by atoms with Crippen molar-refractivity contribution >= 4 is 40.7 Å². The van der Waals surface area contributed by atoms with Crippen LogP contribution < -0.4 is 10.2 Å². The zero-order valence-electron chi connectivity index (χ0n) is 22.1. The minimum absolute atomic E-state index is 0.0545. The fraction of sp³-hybridized carbons (Fsp3) is 0.300. The second kappa shape index (κ2) is 11.2. The van der Waals surface area contributed by atoms with Crippen LogP contribution >= 0.6 is 23.1 Å². The van der Waals surface area contributed by atoms with Crippen LogP contribution in [0.1, 0.15) is 40.7 Å². The Morgan fingerprint density at radius 2 is 1.89 bits per heavy atom. The number of hydrogen-bond donors (Lipinski definition) is 1. The van der Waals surface area contributed by atoms with Gasteiger partial charge in [0.2, 0.25) is 11.8 Å². The van der Waals surface area contributed by atoms with Gasteiger partial charge in [0.15, 0.2) is 0 Å². The van der Waals surface area contributed by atoms with Gasteiger partial charge < -0.3 is 5.32 Å². The van der Waals surface area contributed by atoms with E-state index in [2.05, 4.69) is 68.7 Å². The number of anilines is 1. The van der Waals surface area contributed by atoms with Gasteiger partial charge in [0, 0.05) is 22.5 Å². The molecular formula is C30H32N4O2S2. The van der Waals surface area contributed by atoms with Crippen LogP contribution in [-0.4, -0.2) is 40.4 Å². The van der Waals surface area contributed by atoms with Crippen molar-refractivity contribution in [3.05, 3.63) is 87.6 Å². The number of thioether (sulfide) groups is 1. The zero-order valence-corrected chi connectivity index (χ0v) is 23.7. The van der Waals surface area contributed by atoms with Gasteiger partial charge >= 0.3 is 0 Å². The minimum atomic E-state index is -0.174. The Kier molecular flexibility index (Phi) is 7.72. The van der Waals surface area contributed by atoms with E-state index in [0.29, 0.717) is 18.3 Å². The van der Waals surface area contributed by atoms with Crippen LogP contribution in [0.15, 0.2) is 66.0 Å². The standard InChI is InChI=1S/C30H32N4O2S2/c1-19(2)16-31-25(35)17-33-26(36)18-38-29(24-11-8-14-37-24)27-28(22-9-6-5-7-10-22)32-34(30(27)33)23-13-12-20(3)15-21(23)4/h5-15,19,29H,16-18H2,1-4H3,(H,31,35). The number of carbonyl (C=O) groups is 2. The van der Waals surface area contributed by atoms with Gasteiger partial charge in [0.05, 0.1) is 22.4 Å². The summed E-state index contributed by atoms with van der Waals surface area (Å²) in [4.78, 5) is 29.6. The predicted octanol–water partition coefficient (Wildman–Crippen LogP) is 6.16. The lowest BCUT2D eigenvalue weighted by Crippen LogP contribution is -2.43. The number of benzene rings is 2. The van der Waals surface area contributed by atoms with E-state index < -0.39 is 0 Å². The number of hydrogen-bond acceptors (Lipinski definition) is 5. The summed E-state index contributed by atoms with van der Waals surface area (Å²) >= 11 is 3.28. The summed E-state index contributed by atoms with van der Waals surface area (Å²) in [6.07, 6.45) is 0. The molecule has 8 heteroatoms. The average Bonchev–Trinajstić information content (AvgIpc) is 3.53. The summed E-state index contributed by atoms with van der Waals surface area (Å²) in [5.74, 6) is 0.991. The molecule has 1 unspecified atom stereocenters. The molecule has 0 fully saturated rings. The number of aryl methyl sites for hydroxylation is 2. The van der Waals surface area contributed by atoms with Crippen LogP contribution in [0.4, 0.5) is 5.82 Å². The molecule has 1 aliphatic heterocycles. The number of thiophene rings is 1. The van der Waals surface area contributed by atoms with E-state index in [1.54, 1.807) is 28.0 Å². The highest BCUT2D eigenvalue weighted by Crippen LogP contribution is 2.49. The average molecular weight is 545 g/mol. The van der Waals surface area contributed by atoms with E-state index in [0.717, 1.165) is 38.5 Å². The molecule has 3 heterocycles. The van der Waals surface area contributed by atoms with Crippen molar-refractivity contribution in [1.29, 1.82) is 0 Å². The summed E-state index contributed by atoms with van der Waals surface area (Å²) in [6, 6.07) is 20.5. The van der Waals surface area contributed by atoms with E-state index in [1.807, 2.05) is 35.0 Å². The topological polar surface area (TPSA) is 67.2 Å². The van der Waals surface area contributed by atoms with E-state index >= 15 is 0 Å². The predicted molar refractivity (Wildman–Crippen MR) is 157 cm³/mol. The third-order valence-corrected chi connectivity index (χ3v) is 8.85. The fourth-order valence-electron chi connectivity index (χ4n) is 4.72. The van der Waals surface area contributed by atoms with Gasteiger partial charge in [-0.1, -0.05) is 67.9 Å². The molecule has 2 aromatic carbocycles. The molecular weight excluding hydrogens is 512 g/mol. The summed E-state index contributed by atoms with van der Waals surface area (Å²) in [5.41, 5.74) is 5.87. The van der Waals surface area contributed by atoms with Crippen LogP contribution in [0.25, 0.3) is 16.9 Å². The van der Waals surface area contributed by atoms with Crippen molar-refractivity contribution in [2.75, 3.05) is 23.7 Å². The first-order valence-electron chi connectivity index (χ1n) is 12.8. The lowest BCUT2D eigenvalue weighted by molar-refractivity contribution is -0.123. The molecule has 6 nitrogen and oxygen atoms in total. The molecule has 1 aliphatic rings. The van der Waals surface area contributed by atoms with Crippen LogP contribution in [0.5, 0.6) is 0 Å². The SMILES string of the molecule is Cc1ccc(-n2nc(-c3ccccc3)c3c2N(CC(=O)NCC(C)C)C(=O)CSC3c2cccs2)c(C)c1. The molecule has 1 atom stereocenters. The highest BCUT2D eigenvalue weighted by atomic mass is 32.2. The van der Waals surface area contributed by atoms with Gasteiger partial charge in [-0.2, -0.15) is 5.10 Å². The molecule has 5 rings (SSSR count). The Morgan fingerprint density at radius 1 is 1.11 bits per heavy atom. The Hall–Kier alpha value is -3.36. The quantitative estimate of drug-likeness (QED) is 0.303. The largest absolute Gasteiger partial charge is 0.354 e. The number of fused-ring (bicyclic) bond motifs is 1. The van der Waals surface area contributed by atoms with Crippen LogP contribution in [0, 0.1) is 19.8 Å². The molecule has 2 amide bonds. The monoisotopic (exact) mass is 544 g/mol. The van der Waals surface area contributed by atoms with Gasteiger partial charge in [-0.05, 0) is 42.8 Å². The molecule has 38 heavy (non-hydrogen) atoms. The van der Waals surface area contributed by atoms with E-state index in [9.17, 15) is 9.59 Å². The summed E-state index contributed by atoms with van der Waals surface area (Å²) in [6.45, 7) is 8.74. The van der Waals surface area contributed by atoms with E-state index in [4.69, 9.17) is 5.10 Å². The molecule has 0 radical (unpaired) electrons. The smallest absolute Gasteiger partial charge is 0.240 e. The number of nitrogens with one attached hydrogen (secondary N) is 1. The molecule has 0 bridgehead atoms. The molecule has 4 aromatic rings. The van der Waals surface area contributed by atoms with Crippen LogP contribution in [-0.2, 0) is 9.59 Å². The Balaban J connectivity index is 1.77. The third kappa shape index (κ3) is 5.28. The Bertz CT molecular complexity index is 1440. The Morgan fingerprint density at radius 3 is 2.58 bits per heavy atom. The number of nitrogens with zero attached hydrogens (tertiary/aromatic N) is 3. The minimum Gasteiger partial charge on any atom is -0.354 e. The van der Waals surface area contributed by atoms with Crippen molar-refractivity contribution in [1.82, 2.24) is 15.1 Å². The maximum absolute atomic E-state index is 13.7. The maximum Gasteiger partial charge on any atom is 0.240 e. The van der Waals surface area contributed by atoms with Crippen molar-refractivity contribution in [3.63, 3.8) is 0 Å². The Labute approximate surface area is 232 Å². The second-order valence-electron chi connectivity index (χ2n) is 10.0. The highest BCUT2D eigenvalue weighted by Gasteiger charge is 2.38. The molecule has 196 valence electrons. The molecule has 0 saturated carbocycles. The van der Waals surface area contributed by atoms with Gasteiger partial charge in [-0.3, -0.25) is 14.5 Å². The first kappa shape index (κ1) is 26.3. The number of amides is 2. The highest BCUT2D eigenvalue weighted by molar-refractivity contribution is 8.00. The third-order valence-electron chi connectivity index (χ3n) is 6.53. The first-order valence-corrected chi connectivity index (χ1v) is 14.7. The fourth-order valence-corrected chi connectivity index (χ4v) is 6.90. The van der Waals surface area contributed by atoms with Crippen molar-refractivity contribution in [3.8, 4) is 16.9 Å². The van der Waals surface area contributed by atoms with Gasteiger partial charge in [0.1, 0.15) is 12.4 Å². The lowest BCUT2D eigenvalue weighted by atomic mass is 10.0. The van der Waals surface area contributed by atoms with Crippen molar-refractivity contribution < 1.29 is 9.59 Å². The molecule has 2 aromatic heterocycles. The van der Waals surface area contributed by atoms with Gasteiger partial charge in [-0.15, -0.1) is 23.1 Å². The van der Waals surface area contributed by atoms with E-state index in [-0.39, 0.29) is 29.4 Å². The summed E-state index contributed by atoms with van der Waals surface area (Å²) in [5, 5.41) is 10.1. The number of rotatable bonds is 7. The van der Waals surface area contributed by atoms with Crippen molar-refractivity contribution in [2.24, 2.45) is 5.92 Å². The molecule has 0 spiro atoms. The summed E-state index contributed by atoms with van der Waals surface area (Å²) < 4.78 is 1.88. The van der Waals surface area contributed by atoms with Gasteiger partial charge in [-0.25, -0.2) is 4.68 Å². The normalized spacial score (nSPS) is 15.4.